The number of hydrogen-bond acceptors (Lipinski definition) is 2. The van der Waals surface area contributed by atoms with E-state index in [-0.39, 0.29) is 0 Å². The zero-order valence-corrected chi connectivity index (χ0v) is 11.7. The molecule has 1 aromatic heterocycles. The number of nitrogen functional groups attached to an aromatic ring is 1. The van der Waals surface area contributed by atoms with Gasteiger partial charge in [0.15, 0.2) is 0 Å². The third kappa shape index (κ3) is 2.34. The summed E-state index contributed by atoms with van der Waals surface area (Å²) in [6.07, 6.45) is 8.89. The Kier molecular flexibility index (Phi) is 3.45. The van der Waals surface area contributed by atoms with Crippen molar-refractivity contribution in [1.82, 2.24) is 9.55 Å². The van der Waals surface area contributed by atoms with Crippen molar-refractivity contribution in [2.24, 2.45) is 0 Å². The van der Waals surface area contributed by atoms with Gasteiger partial charge in [0.05, 0.1) is 11.0 Å². The second-order valence-electron chi connectivity index (χ2n) is 5.69. The van der Waals surface area contributed by atoms with Crippen LogP contribution in [0.4, 0.5) is 5.69 Å². The summed E-state index contributed by atoms with van der Waals surface area (Å²) in [6.45, 7) is 2.22. The summed E-state index contributed by atoms with van der Waals surface area (Å²) in [5, 5.41) is 0. The van der Waals surface area contributed by atoms with Crippen molar-refractivity contribution >= 4 is 16.7 Å². The molecule has 0 saturated heterocycles. The molecule has 0 bridgehead atoms. The average molecular weight is 257 g/mol. The van der Waals surface area contributed by atoms with Gasteiger partial charge in [-0.2, -0.15) is 0 Å². The van der Waals surface area contributed by atoms with E-state index < -0.39 is 0 Å². The molecule has 0 radical (unpaired) electrons. The van der Waals surface area contributed by atoms with Gasteiger partial charge in [0.25, 0.3) is 0 Å². The van der Waals surface area contributed by atoms with Crippen LogP contribution >= 0.6 is 0 Å². The predicted molar refractivity (Wildman–Crippen MR) is 80.3 cm³/mol. The van der Waals surface area contributed by atoms with Crippen molar-refractivity contribution in [3.63, 3.8) is 0 Å². The first-order valence-corrected chi connectivity index (χ1v) is 7.56. The number of fused-ring (bicyclic) bond motifs is 1. The van der Waals surface area contributed by atoms with E-state index in [1.807, 2.05) is 12.1 Å². The number of anilines is 1. The van der Waals surface area contributed by atoms with Crippen molar-refractivity contribution < 1.29 is 0 Å². The van der Waals surface area contributed by atoms with Crippen LogP contribution in [0, 0.1) is 0 Å². The van der Waals surface area contributed by atoms with Crippen molar-refractivity contribution in [1.29, 1.82) is 0 Å². The monoisotopic (exact) mass is 257 g/mol. The van der Waals surface area contributed by atoms with Crippen molar-refractivity contribution in [3.8, 4) is 0 Å². The fourth-order valence-corrected chi connectivity index (χ4v) is 3.31. The van der Waals surface area contributed by atoms with Gasteiger partial charge in [-0.25, -0.2) is 4.98 Å². The number of imidazole rings is 1. The summed E-state index contributed by atoms with van der Waals surface area (Å²) < 4.78 is 2.50. The van der Waals surface area contributed by atoms with E-state index >= 15 is 0 Å². The molecule has 102 valence electrons. The lowest BCUT2D eigenvalue weighted by atomic mass is 9.95. The minimum atomic E-state index is 0.643. The van der Waals surface area contributed by atoms with Crippen molar-refractivity contribution in [2.45, 2.75) is 57.9 Å². The molecule has 1 aliphatic rings. The molecule has 2 aromatic rings. The summed E-state index contributed by atoms with van der Waals surface area (Å²) in [6, 6.07) is 6.79. The SMILES string of the molecule is CCCc1nc2cc(N)ccc2n1C1CCCCC1. The van der Waals surface area contributed by atoms with Gasteiger partial charge in [-0.3, -0.25) is 0 Å². The molecule has 1 aromatic carbocycles. The molecule has 3 rings (SSSR count). The smallest absolute Gasteiger partial charge is 0.110 e. The number of hydrogen-bond donors (Lipinski definition) is 1. The lowest BCUT2D eigenvalue weighted by molar-refractivity contribution is 0.352. The van der Waals surface area contributed by atoms with E-state index in [4.69, 9.17) is 10.7 Å². The average Bonchev–Trinajstić information content (AvgIpc) is 2.77. The Balaban J connectivity index is 2.09. The van der Waals surface area contributed by atoms with Gasteiger partial charge in [-0.1, -0.05) is 26.2 Å². The Labute approximate surface area is 114 Å². The fraction of sp³-hybridized carbons (Fsp3) is 0.562. The van der Waals surface area contributed by atoms with Gasteiger partial charge in [0, 0.05) is 18.2 Å². The molecule has 0 atom stereocenters. The van der Waals surface area contributed by atoms with Crippen LogP contribution in [-0.2, 0) is 6.42 Å². The molecule has 0 unspecified atom stereocenters. The van der Waals surface area contributed by atoms with E-state index in [0.29, 0.717) is 6.04 Å². The Bertz CT molecular complexity index is 565. The van der Waals surface area contributed by atoms with Crippen molar-refractivity contribution in [2.75, 3.05) is 5.73 Å². The molecule has 2 N–H and O–H groups in total. The second-order valence-corrected chi connectivity index (χ2v) is 5.69. The van der Waals surface area contributed by atoms with E-state index in [0.717, 1.165) is 24.0 Å². The van der Waals surface area contributed by atoms with E-state index in [1.165, 1.54) is 43.4 Å². The van der Waals surface area contributed by atoms with E-state index in [1.54, 1.807) is 0 Å². The highest BCUT2D eigenvalue weighted by Crippen LogP contribution is 2.33. The molecule has 0 spiro atoms. The first-order chi connectivity index (χ1) is 9.29. The molecule has 1 aliphatic carbocycles. The predicted octanol–water partition coefficient (Wildman–Crippen LogP) is 4.08. The Morgan fingerprint density at radius 1 is 1.26 bits per heavy atom. The number of benzene rings is 1. The minimum absolute atomic E-state index is 0.643. The summed E-state index contributed by atoms with van der Waals surface area (Å²) in [7, 11) is 0. The zero-order valence-electron chi connectivity index (χ0n) is 11.7. The third-order valence-electron chi connectivity index (χ3n) is 4.20. The first-order valence-electron chi connectivity index (χ1n) is 7.56. The maximum Gasteiger partial charge on any atom is 0.110 e. The van der Waals surface area contributed by atoms with Crippen molar-refractivity contribution in [3.05, 3.63) is 24.0 Å². The first kappa shape index (κ1) is 12.5. The standard InChI is InChI=1S/C16H23N3/c1-2-6-16-18-14-11-12(17)9-10-15(14)19(16)13-7-4-3-5-8-13/h9-11,13H,2-8,17H2,1H3. The topological polar surface area (TPSA) is 43.8 Å². The highest BCUT2D eigenvalue weighted by molar-refractivity contribution is 5.79. The summed E-state index contributed by atoms with van der Waals surface area (Å²) >= 11 is 0. The molecule has 3 nitrogen and oxygen atoms in total. The normalized spacial score (nSPS) is 17.1. The Morgan fingerprint density at radius 2 is 2.05 bits per heavy atom. The molecule has 0 aliphatic heterocycles. The van der Waals surface area contributed by atoms with Crippen LogP contribution < -0.4 is 5.73 Å². The summed E-state index contributed by atoms with van der Waals surface area (Å²) in [4.78, 5) is 4.82. The van der Waals surface area contributed by atoms with E-state index in [9.17, 15) is 0 Å². The van der Waals surface area contributed by atoms with Crippen LogP contribution in [-0.4, -0.2) is 9.55 Å². The molecule has 19 heavy (non-hydrogen) atoms. The lowest BCUT2D eigenvalue weighted by Gasteiger charge is -2.25. The number of aryl methyl sites for hydroxylation is 1. The second kappa shape index (κ2) is 5.24. The van der Waals surface area contributed by atoms with Crippen LogP contribution in [0.1, 0.15) is 57.3 Å². The molecule has 1 saturated carbocycles. The van der Waals surface area contributed by atoms with Crippen LogP contribution in [0.5, 0.6) is 0 Å². The van der Waals surface area contributed by atoms with Crippen LogP contribution in [0.15, 0.2) is 18.2 Å². The van der Waals surface area contributed by atoms with Gasteiger partial charge < -0.3 is 10.3 Å². The van der Waals surface area contributed by atoms with Gasteiger partial charge in [-0.05, 0) is 37.5 Å². The molecule has 1 fully saturated rings. The number of nitrogens with zero attached hydrogens (tertiary/aromatic N) is 2. The van der Waals surface area contributed by atoms with Gasteiger partial charge in [0.1, 0.15) is 5.82 Å². The van der Waals surface area contributed by atoms with Gasteiger partial charge in [0.2, 0.25) is 0 Å². The summed E-state index contributed by atoms with van der Waals surface area (Å²) in [5.74, 6) is 1.25. The maximum absolute atomic E-state index is 5.89. The highest BCUT2D eigenvalue weighted by Gasteiger charge is 2.20. The quantitative estimate of drug-likeness (QED) is 0.842. The lowest BCUT2D eigenvalue weighted by Crippen LogP contribution is -2.15. The van der Waals surface area contributed by atoms with Crippen LogP contribution in [0.3, 0.4) is 0 Å². The minimum Gasteiger partial charge on any atom is -0.399 e. The summed E-state index contributed by atoms with van der Waals surface area (Å²) in [5.41, 5.74) is 9.03. The number of rotatable bonds is 3. The highest BCUT2D eigenvalue weighted by atomic mass is 15.1. The largest absolute Gasteiger partial charge is 0.399 e. The van der Waals surface area contributed by atoms with Crippen LogP contribution in [0.25, 0.3) is 11.0 Å². The molecule has 1 heterocycles. The Hall–Kier alpha value is -1.51. The molecular weight excluding hydrogens is 234 g/mol. The van der Waals surface area contributed by atoms with Gasteiger partial charge in [-0.15, -0.1) is 0 Å². The number of aromatic nitrogens is 2. The number of nitrogens with two attached hydrogens (primary N) is 1. The Morgan fingerprint density at radius 3 is 2.79 bits per heavy atom. The zero-order chi connectivity index (χ0) is 13.2. The molecule has 3 heteroatoms. The van der Waals surface area contributed by atoms with Gasteiger partial charge >= 0.3 is 0 Å². The molecule has 0 amide bonds. The third-order valence-corrected chi connectivity index (χ3v) is 4.20. The maximum atomic E-state index is 5.89. The van der Waals surface area contributed by atoms with E-state index in [2.05, 4.69) is 17.6 Å². The molecular formula is C16H23N3. The fourth-order valence-electron chi connectivity index (χ4n) is 3.31. The van der Waals surface area contributed by atoms with Crippen LogP contribution in [0.2, 0.25) is 0 Å².